The van der Waals surface area contributed by atoms with E-state index in [1.807, 2.05) is 42.5 Å². The average molecular weight is 443 g/mol. The van der Waals surface area contributed by atoms with E-state index in [1.165, 1.54) is 11.3 Å². The van der Waals surface area contributed by atoms with Crippen LogP contribution in [0.25, 0.3) is 22.2 Å². The molecule has 2 aromatic carbocycles. The molecule has 0 saturated heterocycles. The summed E-state index contributed by atoms with van der Waals surface area (Å²) in [7, 11) is 0. The molecule has 2 heterocycles. The van der Waals surface area contributed by atoms with Crippen LogP contribution in [0.4, 0.5) is 5.13 Å². The van der Waals surface area contributed by atoms with Gasteiger partial charge >= 0.3 is 5.63 Å². The molecule has 0 radical (unpaired) electrons. The number of carbonyl (C=O) groups is 1. The number of carbonyl (C=O) groups excluding carboxylic acids is 1. The summed E-state index contributed by atoms with van der Waals surface area (Å²) in [6.07, 6.45) is 0.348. The Morgan fingerprint density at radius 2 is 1.97 bits per heavy atom. The number of anilines is 1. The summed E-state index contributed by atoms with van der Waals surface area (Å²) in [5.74, 6) is 0.512. The van der Waals surface area contributed by atoms with Crippen molar-refractivity contribution in [3.63, 3.8) is 0 Å². The van der Waals surface area contributed by atoms with Gasteiger partial charge < -0.3 is 9.73 Å². The molecule has 0 fully saturated rings. The number of para-hydroxylation sites is 1. The number of rotatable bonds is 6. The zero-order valence-electron chi connectivity index (χ0n) is 15.1. The zero-order valence-corrected chi connectivity index (χ0v) is 17.4. The third kappa shape index (κ3) is 4.87. The van der Waals surface area contributed by atoms with Gasteiger partial charge in [0.2, 0.25) is 5.91 Å². The van der Waals surface area contributed by atoms with E-state index in [9.17, 15) is 9.59 Å². The highest BCUT2D eigenvalue weighted by Crippen LogP contribution is 2.26. The van der Waals surface area contributed by atoms with Crippen LogP contribution in [0.15, 0.2) is 74.1 Å². The van der Waals surface area contributed by atoms with Gasteiger partial charge in [0.1, 0.15) is 5.58 Å². The van der Waals surface area contributed by atoms with Gasteiger partial charge in [0.25, 0.3) is 0 Å². The van der Waals surface area contributed by atoms with Crippen LogP contribution in [0.1, 0.15) is 6.42 Å². The molecule has 146 valence electrons. The Bertz CT molecular complexity index is 1220. The Hall–Kier alpha value is -2.61. The SMILES string of the molecule is O=C(CCSc1ccc(Cl)cc1)Nc1nc(-c2cc3ccccc3oc2=O)cs1. The summed E-state index contributed by atoms with van der Waals surface area (Å²) in [5.41, 5.74) is 0.938. The van der Waals surface area contributed by atoms with Crippen molar-refractivity contribution in [3.8, 4) is 11.3 Å². The van der Waals surface area contributed by atoms with Crippen molar-refractivity contribution in [3.05, 3.63) is 75.4 Å². The van der Waals surface area contributed by atoms with Gasteiger partial charge in [-0.1, -0.05) is 29.8 Å². The number of fused-ring (bicyclic) bond motifs is 1. The maximum Gasteiger partial charge on any atom is 0.345 e. The van der Waals surface area contributed by atoms with Gasteiger partial charge in [-0.15, -0.1) is 23.1 Å². The molecule has 4 aromatic rings. The lowest BCUT2D eigenvalue weighted by Gasteiger charge is -2.03. The number of benzene rings is 2. The van der Waals surface area contributed by atoms with Gasteiger partial charge in [-0.3, -0.25) is 4.79 Å². The third-order valence-electron chi connectivity index (χ3n) is 4.08. The van der Waals surface area contributed by atoms with E-state index in [4.69, 9.17) is 16.0 Å². The van der Waals surface area contributed by atoms with Gasteiger partial charge in [-0.05, 0) is 36.4 Å². The summed E-state index contributed by atoms with van der Waals surface area (Å²) < 4.78 is 5.35. The maximum absolute atomic E-state index is 12.3. The second kappa shape index (κ2) is 8.82. The summed E-state index contributed by atoms with van der Waals surface area (Å²) in [6.45, 7) is 0. The molecule has 0 unspecified atom stereocenters. The van der Waals surface area contributed by atoms with Crippen LogP contribution in [0.5, 0.6) is 0 Å². The Morgan fingerprint density at radius 3 is 2.79 bits per heavy atom. The van der Waals surface area contributed by atoms with Gasteiger partial charge in [-0.2, -0.15) is 0 Å². The van der Waals surface area contributed by atoms with Gasteiger partial charge in [0.15, 0.2) is 5.13 Å². The number of hydrogen-bond donors (Lipinski definition) is 1. The summed E-state index contributed by atoms with van der Waals surface area (Å²) in [4.78, 5) is 29.9. The quantitative estimate of drug-likeness (QED) is 0.306. The highest BCUT2D eigenvalue weighted by atomic mass is 35.5. The lowest BCUT2D eigenvalue weighted by Crippen LogP contribution is -2.12. The van der Waals surface area contributed by atoms with Crippen molar-refractivity contribution < 1.29 is 9.21 Å². The molecule has 0 bridgehead atoms. The Labute approximate surface area is 179 Å². The first-order chi connectivity index (χ1) is 14.1. The van der Waals surface area contributed by atoms with Crippen molar-refractivity contribution in [2.45, 2.75) is 11.3 Å². The number of nitrogens with one attached hydrogen (secondary N) is 1. The van der Waals surface area contributed by atoms with E-state index in [-0.39, 0.29) is 5.91 Å². The van der Waals surface area contributed by atoms with E-state index in [2.05, 4.69) is 10.3 Å². The monoisotopic (exact) mass is 442 g/mol. The molecular formula is C21H15ClN2O3S2. The van der Waals surface area contributed by atoms with Crippen molar-refractivity contribution in [2.24, 2.45) is 0 Å². The summed E-state index contributed by atoms with van der Waals surface area (Å²) in [6, 6.07) is 16.6. The van der Waals surface area contributed by atoms with Crippen LogP contribution < -0.4 is 10.9 Å². The number of thioether (sulfide) groups is 1. The topological polar surface area (TPSA) is 72.2 Å². The molecule has 2 aromatic heterocycles. The van der Waals surface area contributed by atoms with Crippen LogP contribution >= 0.6 is 34.7 Å². The maximum atomic E-state index is 12.3. The van der Waals surface area contributed by atoms with Gasteiger partial charge in [0, 0.05) is 32.9 Å². The lowest BCUT2D eigenvalue weighted by molar-refractivity contribution is -0.115. The van der Waals surface area contributed by atoms with Crippen LogP contribution in [-0.4, -0.2) is 16.6 Å². The van der Waals surface area contributed by atoms with E-state index >= 15 is 0 Å². The number of halogens is 1. The summed E-state index contributed by atoms with van der Waals surface area (Å²) in [5, 5.41) is 6.48. The van der Waals surface area contributed by atoms with E-state index in [0.29, 0.717) is 39.2 Å². The molecule has 1 amide bonds. The Kier molecular flexibility index (Phi) is 5.99. The molecule has 29 heavy (non-hydrogen) atoms. The van der Waals surface area contributed by atoms with E-state index in [0.717, 1.165) is 10.3 Å². The smallest absolute Gasteiger partial charge is 0.345 e. The van der Waals surface area contributed by atoms with Crippen LogP contribution in [0.2, 0.25) is 5.02 Å². The standard InChI is InChI=1S/C21H15ClN2O3S2/c22-14-5-7-15(8-6-14)28-10-9-19(25)24-21-23-17(12-29-21)16-11-13-3-1-2-4-18(13)27-20(16)26/h1-8,11-12H,9-10H2,(H,23,24,25). The molecule has 0 saturated carbocycles. The molecule has 0 aliphatic heterocycles. The highest BCUT2D eigenvalue weighted by Gasteiger charge is 2.13. The number of aromatic nitrogens is 1. The Morgan fingerprint density at radius 1 is 1.17 bits per heavy atom. The molecule has 0 atom stereocenters. The lowest BCUT2D eigenvalue weighted by atomic mass is 10.1. The number of amides is 1. The van der Waals surface area contributed by atoms with Crippen LogP contribution in [0, 0.1) is 0 Å². The van der Waals surface area contributed by atoms with Crippen molar-refractivity contribution >= 4 is 56.7 Å². The molecule has 0 spiro atoms. The fraction of sp³-hybridized carbons (Fsp3) is 0.0952. The molecule has 1 N–H and O–H groups in total. The van der Waals surface area contributed by atoms with Crippen molar-refractivity contribution in [1.82, 2.24) is 4.98 Å². The second-order valence-corrected chi connectivity index (χ2v) is 8.59. The first-order valence-electron chi connectivity index (χ1n) is 8.75. The second-order valence-electron chi connectivity index (χ2n) is 6.12. The van der Waals surface area contributed by atoms with Crippen LogP contribution in [0.3, 0.4) is 0 Å². The normalized spacial score (nSPS) is 10.9. The minimum absolute atomic E-state index is 0.127. The van der Waals surface area contributed by atoms with Gasteiger partial charge in [-0.25, -0.2) is 9.78 Å². The minimum Gasteiger partial charge on any atom is -0.422 e. The summed E-state index contributed by atoms with van der Waals surface area (Å²) >= 11 is 8.72. The van der Waals surface area contributed by atoms with E-state index in [1.54, 1.807) is 29.3 Å². The van der Waals surface area contributed by atoms with Crippen LogP contribution in [-0.2, 0) is 4.79 Å². The molecule has 0 aliphatic carbocycles. The predicted molar refractivity (Wildman–Crippen MR) is 119 cm³/mol. The third-order valence-corrected chi connectivity index (χ3v) is 6.10. The van der Waals surface area contributed by atoms with Crippen molar-refractivity contribution in [1.29, 1.82) is 0 Å². The van der Waals surface area contributed by atoms with E-state index < -0.39 is 5.63 Å². The Balaban J connectivity index is 1.39. The largest absolute Gasteiger partial charge is 0.422 e. The fourth-order valence-corrected chi connectivity index (χ4v) is 4.37. The highest BCUT2D eigenvalue weighted by molar-refractivity contribution is 7.99. The molecule has 5 nitrogen and oxygen atoms in total. The molecule has 4 rings (SSSR count). The zero-order chi connectivity index (χ0) is 20.2. The predicted octanol–water partition coefficient (Wildman–Crippen LogP) is 5.69. The number of hydrogen-bond acceptors (Lipinski definition) is 6. The van der Waals surface area contributed by atoms with Gasteiger partial charge in [0.05, 0.1) is 11.3 Å². The first-order valence-corrected chi connectivity index (χ1v) is 11.0. The first kappa shape index (κ1) is 19.7. The number of nitrogens with zero attached hydrogens (tertiary/aromatic N) is 1. The molecule has 8 heteroatoms. The van der Waals surface area contributed by atoms with Crippen molar-refractivity contribution in [2.75, 3.05) is 11.1 Å². The number of thiazole rings is 1. The average Bonchev–Trinajstić information content (AvgIpc) is 3.17. The molecular weight excluding hydrogens is 428 g/mol. The molecule has 0 aliphatic rings. The fourth-order valence-electron chi connectivity index (χ4n) is 2.67. The minimum atomic E-state index is -0.453.